The number of hydrogen-bond acceptors (Lipinski definition) is 3. The Morgan fingerprint density at radius 2 is 2.36 bits per heavy atom. The molecule has 0 saturated heterocycles. The first-order valence-corrected chi connectivity index (χ1v) is 5.47. The Balaban J connectivity index is 2.35. The quantitative estimate of drug-likeness (QED) is 0.641. The van der Waals surface area contributed by atoms with E-state index in [1.54, 1.807) is 7.11 Å². The van der Waals surface area contributed by atoms with Gasteiger partial charge in [-0.3, -0.25) is 4.90 Å². The molecule has 1 unspecified atom stereocenters. The van der Waals surface area contributed by atoms with E-state index in [1.165, 1.54) is 6.42 Å². The molecule has 0 aliphatic carbocycles. The van der Waals surface area contributed by atoms with E-state index in [1.807, 2.05) is 0 Å². The molecule has 0 amide bonds. The van der Waals surface area contributed by atoms with Gasteiger partial charge in [0.05, 0.1) is 6.61 Å². The second-order valence-electron chi connectivity index (χ2n) is 3.67. The number of rotatable bonds is 6. The first-order chi connectivity index (χ1) is 6.88. The highest BCUT2D eigenvalue weighted by Gasteiger charge is 2.17. The Morgan fingerprint density at radius 1 is 1.50 bits per heavy atom. The van der Waals surface area contributed by atoms with Crippen molar-refractivity contribution < 1.29 is 4.74 Å². The van der Waals surface area contributed by atoms with Crippen molar-refractivity contribution >= 4 is 0 Å². The van der Waals surface area contributed by atoms with Gasteiger partial charge in [-0.2, -0.15) is 0 Å². The van der Waals surface area contributed by atoms with E-state index in [2.05, 4.69) is 29.3 Å². The van der Waals surface area contributed by atoms with Gasteiger partial charge in [0.1, 0.15) is 0 Å². The van der Waals surface area contributed by atoms with Crippen LogP contribution in [0.4, 0.5) is 0 Å². The normalized spacial score (nSPS) is 19.9. The van der Waals surface area contributed by atoms with Gasteiger partial charge in [0.2, 0.25) is 0 Å². The Hall–Kier alpha value is -0.380. The van der Waals surface area contributed by atoms with Crippen LogP contribution in [0.25, 0.3) is 0 Å². The topological polar surface area (TPSA) is 24.5 Å². The van der Waals surface area contributed by atoms with Gasteiger partial charge < -0.3 is 10.1 Å². The van der Waals surface area contributed by atoms with Gasteiger partial charge in [-0.15, -0.1) is 0 Å². The molecule has 1 rings (SSSR count). The van der Waals surface area contributed by atoms with Gasteiger partial charge in [0.25, 0.3) is 0 Å². The molecule has 1 heterocycles. The minimum atomic E-state index is 0.518. The largest absolute Gasteiger partial charge is 0.383 e. The first-order valence-electron chi connectivity index (χ1n) is 5.47. The third kappa shape index (κ3) is 3.78. The van der Waals surface area contributed by atoms with Crippen LogP contribution in [0.15, 0.2) is 12.2 Å². The molecule has 0 spiro atoms. The average Bonchev–Trinajstić information content (AvgIpc) is 2.25. The molecule has 82 valence electrons. The van der Waals surface area contributed by atoms with Crippen LogP contribution in [0.5, 0.6) is 0 Å². The first kappa shape index (κ1) is 11.7. The summed E-state index contributed by atoms with van der Waals surface area (Å²) in [6.07, 6.45) is 5.68. The third-order valence-electron chi connectivity index (χ3n) is 2.59. The summed E-state index contributed by atoms with van der Waals surface area (Å²) in [6, 6.07) is 0.518. The molecule has 0 fully saturated rings. The lowest BCUT2D eigenvalue weighted by molar-refractivity contribution is 0.0954. The number of nitrogens with zero attached hydrogens (tertiary/aromatic N) is 1. The fourth-order valence-corrected chi connectivity index (χ4v) is 1.79. The lowest BCUT2D eigenvalue weighted by Crippen LogP contribution is -2.46. The van der Waals surface area contributed by atoms with Crippen LogP contribution < -0.4 is 5.32 Å². The second kappa shape index (κ2) is 6.98. The molecular weight excluding hydrogens is 176 g/mol. The van der Waals surface area contributed by atoms with Crippen molar-refractivity contribution in [2.75, 3.05) is 39.9 Å². The molecule has 0 aromatic carbocycles. The van der Waals surface area contributed by atoms with Crippen LogP contribution in [0, 0.1) is 0 Å². The van der Waals surface area contributed by atoms with Crippen LogP contribution in [0.2, 0.25) is 0 Å². The summed E-state index contributed by atoms with van der Waals surface area (Å²) in [5.74, 6) is 0. The van der Waals surface area contributed by atoms with Crippen molar-refractivity contribution in [2.24, 2.45) is 0 Å². The van der Waals surface area contributed by atoms with E-state index in [0.717, 1.165) is 32.8 Å². The van der Waals surface area contributed by atoms with Gasteiger partial charge in [-0.05, 0) is 13.0 Å². The van der Waals surface area contributed by atoms with Crippen LogP contribution in [-0.2, 0) is 4.74 Å². The maximum atomic E-state index is 5.25. The Kier molecular flexibility index (Phi) is 5.83. The molecule has 1 aliphatic rings. The van der Waals surface area contributed by atoms with Gasteiger partial charge in [0, 0.05) is 32.8 Å². The van der Waals surface area contributed by atoms with Crippen molar-refractivity contribution in [2.45, 2.75) is 19.4 Å². The van der Waals surface area contributed by atoms with Crippen molar-refractivity contribution in [1.82, 2.24) is 10.2 Å². The number of hydrogen-bond donors (Lipinski definition) is 1. The third-order valence-corrected chi connectivity index (χ3v) is 2.59. The lowest BCUT2D eigenvalue weighted by atomic mass is 10.2. The minimum absolute atomic E-state index is 0.518. The second-order valence-corrected chi connectivity index (χ2v) is 3.67. The number of nitrogens with one attached hydrogen (secondary N) is 1. The summed E-state index contributed by atoms with van der Waals surface area (Å²) in [5, 5.41) is 3.38. The highest BCUT2D eigenvalue weighted by atomic mass is 16.5. The Morgan fingerprint density at radius 3 is 2.93 bits per heavy atom. The lowest BCUT2D eigenvalue weighted by Gasteiger charge is -2.32. The summed E-state index contributed by atoms with van der Waals surface area (Å²) in [7, 11) is 1.78. The molecule has 1 N–H and O–H groups in total. The molecule has 1 atom stereocenters. The summed E-state index contributed by atoms with van der Waals surface area (Å²) < 4.78 is 5.25. The summed E-state index contributed by atoms with van der Waals surface area (Å²) in [6.45, 7) is 7.25. The highest BCUT2D eigenvalue weighted by molar-refractivity contribution is 4.93. The zero-order valence-corrected chi connectivity index (χ0v) is 9.33. The number of likely N-dealkylation sites (N-methyl/N-ethyl adjacent to an activating group) is 1. The van der Waals surface area contributed by atoms with Crippen LogP contribution >= 0.6 is 0 Å². The van der Waals surface area contributed by atoms with Gasteiger partial charge in [0.15, 0.2) is 0 Å². The van der Waals surface area contributed by atoms with E-state index >= 15 is 0 Å². The fraction of sp³-hybridized carbons (Fsp3) is 0.818. The highest BCUT2D eigenvalue weighted by Crippen LogP contribution is 2.06. The predicted octanol–water partition coefficient (Wildman–Crippen LogP) is 0.873. The number of ether oxygens (including phenoxy) is 1. The van der Waals surface area contributed by atoms with Crippen LogP contribution in [0.1, 0.15) is 13.3 Å². The van der Waals surface area contributed by atoms with Crippen LogP contribution in [-0.4, -0.2) is 50.8 Å². The zero-order chi connectivity index (χ0) is 10.2. The number of methoxy groups -OCH3 is 1. The smallest absolute Gasteiger partial charge is 0.0630 e. The molecule has 1 aliphatic heterocycles. The van der Waals surface area contributed by atoms with E-state index < -0.39 is 0 Å². The molecule has 0 aromatic heterocycles. The molecule has 0 saturated carbocycles. The minimum Gasteiger partial charge on any atom is -0.383 e. The van der Waals surface area contributed by atoms with Gasteiger partial charge in [-0.1, -0.05) is 19.1 Å². The maximum absolute atomic E-state index is 5.25. The Bertz CT molecular complexity index is 171. The van der Waals surface area contributed by atoms with Crippen molar-refractivity contribution in [3.63, 3.8) is 0 Å². The van der Waals surface area contributed by atoms with Gasteiger partial charge >= 0.3 is 0 Å². The summed E-state index contributed by atoms with van der Waals surface area (Å²) in [4.78, 5) is 2.48. The molecule has 0 bridgehead atoms. The molecule has 3 heteroatoms. The van der Waals surface area contributed by atoms with Crippen molar-refractivity contribution in [3.05, 3.63) is 12.2 Å². The molecule has 14 heavy (non-hydrogen) atoms. The molecule has 3 nitrogen and oxygen atoms in total. The van der Waals surface area contributed by atoms with Gasteiger partial charge in [-0.25, -0.2) is 0 Å². The molecular formula is C11H22N2O. The van der Waals surface area contributed by atoms with Crippen LogP contribution in [0.3, 0.4) is 0 Å². The summed E-state index contributed by atoms with van der Waals surface area (Å²) >= 11 is 0. The standard InChI is InChI=1S/C11H22N2O/c1-3-12-9-11(10-14-2)13-7-5-4-6-8-13/h4-5,11-12H,3,6-10H2,1-2H3. The monoisotopic (exact) mass is 198 g/mol. The fourth-order valence-electron chi connectivity index (χ4n) is 1.79. The SMILES string of the molecule is CCNCC(COC)N1CC=CCC1. The van der Waals surface area contributed by atoms with E-state index in [-0.39, 0.29) is 0 Å². The predicted molar refractivity (Wildman–Crippen MR) is 59.5 cm³/mol. The van der Waals surface area contributed by atoms with E-state index in [9.17, 15) is 0 Å². The summed E-state index contributed by atoms with van der Waals surface area (Å²) in [5.41, 5.74) is 0. The van der Waals surface area contributed by atoms with Crippen molar-refractivity contribution in [3.8, 4) is 0 Å². The van der Waals surface area contributed by atoms with E-state index in [4.69, 9.17) is 4.74 Å². The molecule has 0 radical (unpaired) electrons. The van der Waals surface area contributed by atoms with E-state index in [0.29, 0.717) is 6.04 Å². The molecule has 0 aromatic rings. The maximum Gasteiger partial charge on any atom is 0.0630 e. The average molecular weight is 198 g/mol. The zero-order valence-electron chi connectivity index (χ0n) is 9.33. The van der Waals surface area contributed by atoms with Crippen molar-refractivity contribution in [1.29, 1.82) is 0 Å². The Labute approximate surface area is 87.1 Å².